The van der Waals surface area contributed by atoms with Crippen molar-refractivity contribution in [3.05, 3.63) is 18.2 Å². The number of hydrogen-bond acceptors (Lipinski definition) is 8. The topological polar surface area (TPSA) is 194 Å². The largest absolute Gasteiger partial charge is 0.379 e. The number of rotatable bonds is 39. The molecule has 2 atom stereocenters. The lowest BCUT2D eigenvalue weighted by Gasteiger charge is -2.25. The molecule has 5 N–H and O–H groups in total. The number of aromatic amines is 1. The summed E-state index contributed by atoms with van der Waals surface area (Å²) in [6.07, 6.45) is 26.3. The van der Waals surface area contributed by atoms with Crippen LogP contribution in [-0.2, 0) is 39.9 Å². The minimum atomic E-state index is -1.03. The van der Waals surface area contributed by atoms with E-state index in [1.54, 1.807) is 20.0 Å². The molecule has 0 unspecified atom stereocenters. The number of Topliss-reactive ketones (excluding diaryl/α,β-unsaturated/α-hetero) is 3. The molecule has 0 saturated heterocycles. The monoisotopic (exact) mass is 775 g/mol. The number of nitrogens with one attached hydrogen (secondary N) is 3. The maximum atomic E-state index is 13.0. The summed E-state index contributed by atoms with van der Waals surface area (Å²) in [6, 6.07) is -1.01. The van der Waals surface area contributed by atoms with Crippen LogP contribution in [-0.4, -0.2) is 78.1 Å². The summed E-state index contributed by atoms with van der Waals surface area (Å²) in [6.45, 7) is 7.01. The molecule has 1 rings (SSSR count). The Bertz CT molecular complexity index is 1170. The zero-order valence-corrected chi connectivity index (χ0v) is 34.7. The van der Waals surface area contributed by atoms with Gasteiger partial charge in [-0.2, -0.15) is 0 Å². The molecular weight excluding hydrogens is 699 g/mol. The Kier molecular flexibility index (Phi) is 29.3. The van der Waals surface area contributed by atoms with Gasteiger partial charge in [-0.3, -0.25) is 24.0 Å². The Hall–Kier alpha value is -2.96. The van der Waals surface area contributed by atoms with Crippen LogP contribution in [0.4, 0.5) is 0 Å². The Morgan fingerprint density at radius 2 is 1.38 bits per heavy atom. The standard InChI is InChI=1S/C43H76N5O7/c1-4-5-6-7-8-9-10-11-12-13-14-15-16-17-18-23-37(49)24-21-26-54-27-28-55-33-41(52)47-25-20-19-22-35(42(45)53)29-40(51)43(2,3)31-39(50)38(44)30-36-32-46-34-48-36/h32,34-35,38,44H,4-31,33H2,1-3H3,(H2,45,53)(H,46,48)(H,47,52)/t35-,38+/m1/s1. The molecule has 0 aliphatic heterocycles. The van der Waals surface area contributed by atoms with E-state index in [2.05, 4.69) is 22.2 Å². The second-order valence-corrected chi connectivity index (χ2v) is 15.9. The van der Waals surface area contributed by atoms with E-state index >= 15 is 0 Å². The number of carbonyl (C=O) groups is 5. The third kappa shape index (κ3) is 27.3. The van der Waals surface area contributed by atoms with Crippen molar-refractivity contribution in [3.8, 4) is 0 Å². The number of hydrogen-bond donors (Lipinski definition) is 3. The van der Waals surface area contributed by atoms with Crippen molar-refractivity contribution in [2.45, 2.75) is 181 Å². The fourth-order valence-corrected chi connectivity index (χ4v) is 6.60. The van der Waals surface area contributed by atoms with Gasteiger partial charge in [0.15, 0.2) is 5.78 Å². The van der Waals surface area contributed by atoms with Crippen molar-refractivity contribution in [1.82, 2.24) is 21.0 Å². The number of primary amides is 1. The lowest BCUT2D eigenvalue weighted by atomic mass is 9.77. The minimum Gasteiger partial charge on any atom is -0.379 e. The van der Waals surface area contributed by atoms with E-state index in [0.717, 1.165) is 12.8 Å². The fraction of sp³-hybridized carbons (Fsp3) is 0.814. The molecule has 0 spiro atoms. The molecular formula is C43H76N5O7. The number of nitrogens with two attached hydrogens (primary N) is 1. The summed E-state index contributed by atoms with van der Waals surface area (Å²) in [5, 5.41) is 2.78. The molecule has 0 saturated carbocycles. The van der Waals surface area contributed by atoms with Gasteiger partial charge in [-0.15, -0.1) is 0 Å². The third-order valence-electron chi connectivity index (χ3n) is 10.3. The van der Waals surface area contributed by atoms with Gasteiger partial charge < -0.3 is 25.5 Å². The van der Waals surface area contributed by atoms with Crippen LogP contribution in [0.25, 0.3) is 0 Å². The van der Waals surface area contributed by atoms with Crippen LogP contribution in [0.15, 0.2) is 12.5 Å². The normalized spacial score (nSPS) is 12.7. The highest BCUT2D eigenvalue weighted by molar-refractivity contribution is 5.94. The van der Waals surface area contributed by atoms with Crippen LogP contribution in [0.1, 0.15) is 174 Å². The van der Waals surface area contributed by atoms with E-state index in [4.69, 9.17) is 20.9 Å². The first-order valence-corrected chi connectivity index (χ1v) is 21.4. The van der Waals surface area contributed by atoms with Gasteiger partial charge in [-0.1, -0.05) is 117 Å². The van der Waals surface area contributed by atoms with Crippen molar-refractivity contribution >= 4 is 29.2 Å². The molecule has 1 aromatic rings. The van der Waals surface area contributed by atoms with Gasteiger partial charge in [0.1, 0.15) is 18.2 Å². The van der Waals surface area contributed by atoms with Gasteiger partial charge in [0, 0.05) is 68.5 Å². The van der Waals surface area contributed by atoms with Gasteiger partial charge in [0.2, 0.25) is 11.8 Å². The highest BCUT2D eigenvalue weighted by Gasteiger charge is 2.34. The van der Waals surface area contributed by atoms with Crippen LogP contribution in [0.5, 0.6) is 0 Å². The average Bonchev–Trinajstić information content (AvgIpc) is 3.66. The molecule has 1 radical (unpaired) electrons. The molecule has 12 heteroatoms. The first-order valence-electron chi connectivity index (χ1n) is 21.4. The molecule has 315 valence electrons. The summed E-state index contributed by atoms with van der Waals surface area (Å²) in [4.78, 5) is 68.8. The number of ketones is 3. The Morgan fingerprint density at radius 3 is 1.96 bits per heavy atom. The molecule has 1 heterocycles. The zero-order valence-electron chi connectivity index (χ0n) is 34.7. The fourth-order valence-electron chi connectivity index (χ4n) is 6.60. The van der Waals surface area contributed by atoms with Crippen LogP contribution in [0.2, 0.25) is 0 Å². The Morgan fingerprint density at radius 1 is 0.800 bits per heavy atom. The van der Waals surface area contributed by atoms with E-state index in [9.17, 15) is 24.0 Å². The molecule has 0 fully saturated rings. The molecule has 1 aromatic heterocycles. The number of imidazole rings is 1. The van der Waals surface area contributed by atoms with E-state index in [1.165, 1.54) is 89.8 Å². The molecule has 2 amide bonds. The molecule has 0 bridgehead atoms. The van der Waals surface area contributed by atoms with Gasteiger partial charge >= 0.3 is 0 Å². The Balaban J connectivity index is 1.99. The van der Waals surface area contributed by atoms with Crippen molar-refractivity contribution < 1.29 is 33.4 Å². The number of aromatic nitrogens is 2. The Labute approximate surface area is 332 Å². The molecule has 12 nitrogen and oxygen atoms in total. The number of unbranched alkanes of at least 4 members (excludes halogenated alkanes) is 15. The van der Waals surface area contributed by atoms with E-state index in [1.807, 2.05) is 0 Å². The van der Waals surface area contributed by atoms with E-state index < -0.39 is 23.3 Å². The highest BCUT2D eigenvalue weighted by Crippen LogP contribution is 2.28. The van der Waals surface area contributed by atoms with E-state index in [-0.39, 0.29) is 49.9 Å². The maximum Gasteiger partial charge on any atom is 0.245 e. The second kappa shape index (κ2) is 32.2. The van der Waals surface area contributed by atoms with Crippen molar-refractivity contribution in [2.24, 2.45) is 17.1 Å². The molecule has 55 heavy (non-hydrogen) atoms. The van der Waals surface area contributed by atoms with Crippen LogP contribution in [0.3, 0.4) is 0 Å². The summed E-state index contributed by atoms with van der Waals surface area (Å²) in [5.41, 5.74) is 13.4. The van der Waals surface area contributed by atoms with Crippen LogP contribution >= 0.6 is 0 Å². The summed E-state index contributed by atoms with van der Waals surface area (Å²) < 4.78 is 10.9. The lowest BCUT2D eigenvalue weighted by molar-refractivity contribution is -0.135. The zero-order chi connectivity index (χ0) is 40.6. The predicted molar refractivity (Wildman–Crippen MR) is 217 cm³/mol. The van der Waals surface area contributed by atoms with E-state index in [0.29, 0.717) is 69.8 Å². The smallest absolute Gasteiger partial charge is 0.245 e. The number of amides is 2. The number of nitrogens with zero attached hydrogens (tertiary/aromatic N) is 1. The average molecular weight is 775 g/mol. The highest BCUT2D eigenvalue weighted by atomic mass is 16.5. The van der Waals surface area contributed by atoms with Crippen LogP contribution < -0.4 is 16.8 Å². The van der Waals surface area contributed by atoms with Crippen molar-refractivity contribution in [2.75, 3.05) is 33.0 Å². The minimum absolute atomic E-state index is 0.0725. The third-order valence-corrected chi connectivity index (χ3v) is 10.3. The predicted octanol–water partition coefficient (Wildman–Crippen LogP) is 7.58. The number of carbonyl (C=O) groups excluding carboxylic acids is 5. The van der Waals surface area contributed by atoms with Gasteiger partial charge in [0.05, 0.1) is 25.6 Å². The SMILES string of the molecule is CCCCCCCCCCCCCCCCCC(=O)CCCOCCOCC(=O)NCCCC[C@H](CC(=O)C(C)(C)CC(=O)[C@@H]([NH])Cc1cnc[nH]1)C(N)=O. The quantitative estimate of drug-likeness (QED) is 0.0570. The van der Waals surface area contributed by atoms with Crippen molar-refractivity contribution in [3.63, 3.8) is 0 Å². The van der Waals surface area contributed by atoms with Gasteiger partial charge in [-0.05, 0) is 25.7 Å². The maximum absolute atomic E-state index is 13.0. The van der Waals surface area contributed by atoms with Gasteiger partial charge in [-0.25, -0.2) is 10.7 Å². The molecule has 0 aliphatic carbocycles. The second-order valence-electron chi connectivity index (χ2n) is 15.9. The number of ether oxygens (including phenoxy) is 2. The first kappa shape index (κ1) is 50.1. The van der Waals surface area contributed by atoms with Gasteiger partial charge in [0.25, 0.3) is 0 Å². The molecule has 0 aromatic carbocycles. The number of H-pyrrole nitrogens is 1. The molecule has 0 aliphatic rings. The summed E-state index contributed by atoms with van der Waals surface area (Å²) in [5.74, 6) is -1.78. The summed E-state index contributed by atoms with van der Waals surface area (Å²) >= 11 is 0. The summed E-state index contributed by atoms with van der Waals surface area (Å²) in [7, 11) is 0. The van der Waals surface area contributed by atoms with Crippen molar-refractivity contribution in [1.29, 1.82) is 0 Å². The lowest BCUT2D eigenvalue weighted by Crippen LogP contribution is -2.36. The van der Waals surface area contributed by atoms with Crippen LogP contribution in [0, 0.1) is 11.3 Å². The first-order chi connectivity index (χ1) is 26.5.